The van der Waals surface area contributed by atoms with Gasteiger partial charge >= 0.3 is 0 Å². The smallest absolute Gasteiger partial charge is 0.0491 e. The van der Waals surface area contributed by atoms with Gasteiger partial charge in [0.15, 0.2) is 0 Å². The monoisotopic (exact) mass is 286 g/mol. The largest absolute Gasteiger partial charge is 0.399 e. The van der Waals surface area contributed by atoms with Crippen molar-refractivity contribution in [1.82, 2.24) is 4.57 Å². The number of nitrogen functional groups attached to an aromatic ring is 1. The van der Waals surface area contributed by atoms with Crippen LogP contribution in [0.15, 0.2) is 66.7 Å². The molecule has 0 unspecified atom stereocenters. The van der Waals surface area contributed by atoms with Crippen molar-refractivity contribution in [2.75, 3.05) is 5.73 Å². The van der Waals surface area contributed by atoms with E-state index >= 15 is 0 Å². The fraction of sp³-hybridized carbons (Fsp3) is 0.100. The Morgan fingerprint density at radius 2 is 1.45 bits per heavy atom. The molecule has 0 fully saturated rings. The number of hydrogen-bond donors (Lipinski definition) is 1. The van der Waals surface area contributed by atoms with Crippen molar-refractivity contribution in [3.8, 4) is 11.1 Å². The predicted molar refractivity (Wildman–Crippen MR) is 95.0 cm³/mol. The fourth-order valence-corrected chi connectivity index (χ4v) is 3.25. The van der Waals surface area contributed by atoms with Crippen LogP contribution in [-0.2, 0) is 6.54 Å². The molecule has 0 spiro atoms. The van der Waals surface area contributed by atoms with Crippen LogP contribution in [-0.4, -0.2) is 4.57 Å². The van der Waals surface area contributed by atoms with Crippen molar-refractivity contribution in [2.45, 2.75) is 13.5 Å². The highest BCUT2D eigenvalue weighted by Gasteiger charge is 2.10. The summed E-state index contributed by atoms with van der Waals surface area (Å²) in [6.45, 7) is 3.17. The molecule has 0 amide bonds. The van der Waals surface area contributed by atoms with Gasteiger partial charge in [0.1, 0.15) is 0 Å². The van der Waals surface area contributed by atoms with Gasteiger partial charge in [0, 0.05) is 34.0 Å². The zero-order chi connectivity index (χ0) is 15.1. The highest BCUT2D eigenvalue weighted by atomic mass is 15.0. The van der Waals surface area contributed by atoms with Gasteiger partial charge in [-0.2, -0.15) is 0 Å². The van der Waals surface area contributed by atoms with E-state index in [9.17, 15) is 0 Å². The molecule has 22 heavy (non-hydrogen) atoms. The van der Waals surface area contributed by atoms with Crippen molar-refractivity contribution in [1.29, 1.82) is 0 Å². The van der Waals surface area contributed by atoms with E-state index in [1.54, 1.807) is 0 Å². The van der Waals surface area contributed by atoms with Gasteiger partial charge < -0.3 is 10.3 Å². The number of nitrogens with zero attached hydrogens (tertiary/aromatic N) is 1. The molecule has 1 aromatic heterocycles. The third-order valence-corrected chi connectivity index (χ3v) is 4.33. The van der Waals surface area contributed by atoms with Gasteiger partial charge in [0.2, 0.25) is 0 Å². The summed E-state index contributed by atoms with van der Waals surface area (Å²) in [5.41, 5.74) is 11.6. The summed E-state index contributed by atoms with van der Waals surface area (Å²) in [5.74, 6) is 0. The summed E-state index contributed by atoms with van der Waals surface area (Å²) in [7, 11) is 0. The van der Waals surface area contributed by atoms with Gasteiger partial charge in [-0.05, 0) is 48.4 Å². The predicted octanol–water partition coefficient (Wildman–Crippen LogP) is 5.06. The average Bonchev–Trinajstić information content (AvgIpc) is 2.88. The summed E-state index contributed by atoms with van der Waals surface area (Å²) in [4.78, 5) is 0. The van der Waals surface area contributed by atoms with E-state index in [1.807, 2.05) is 12.1 Å². The van der Waals surface area contributed by atoms with Crippen LogP contribution in [0.25, 0.3) is 32.9 Å². The summed E-state index contributed by atoms with van der Waals surface area (Å²) in [6, 6.07) is 23.4. The molecule has 1 heterocycles. The minimum atomic E-state index is 0.799. The number of benzene rings is 3. The van der Waals surface area contributed by atoms with Crippen LogP contribution in [0.3, 0.4) is 0 Å². The van der Waals surface area contributed by atoms with E-state index in [0.717, 1.165) is 12.2 Å². The van der Waals surface area contributed by atoms with Crippen LogP contribution >= 0.6 is 0 Å². The maximum absolute atomic E-state index is 5.79. The lowest BCUT2D eigenvalue weighted by Crippen LogP contribution is -1.92. The van der Waals surface area contributed by atoms with Gasteiger partial charge in [-0.15, -0.1) is 0 Å². The molecule has 2 N–H and O–H groups in total. The maximum Gasteiger partial charge on any atom is 0.0491 e. The summed E-state index contributed by atoms with van der Waals surface area (Å²) < 4.78 is 2.37. The summed E-state index contributed by atoms with van der Waals surface area (Å²) >= 11 is 0. The van der Waals surface area contributed by atoms with E-state index < -0.39 is 0 Å². The van der Waals surface area contributed by atoms with Crippen molar-refractivity contribution in [3.63, 3.8) is 0 Å². The van der Waals surface area contributed by atoms with Crippen molar-refractivity contribution in [3.05, 3.63) is 66.7 Å². The molecule has 0 aliphatic carbocycles. The number of aryl methyl sites for hydroxylation is 1. The first kappa shape index (κ1) is 13.0. The quantitative estimate of drug-likeness (QED) is 0.513. The molecule has 2 heteroatoms. The van der Waals surface area contributed by atoms with Crippen LogP contribution in [0.2, 0.25) is 0 Å². The second-order valence-corrected chi connectivity index (χ2v) is 5.62. The van der Waals surface area contributed by atoms with Crippen LogP contribution in [0.1, 0.15) is 6.92 Å². The number of anilines is 1. The third-order valence-electron chi connectivity index (χ3n) is 4.33. The number of rotatable bonds is 2. The highest BCUT2D eigenvalue weighted by molar-refractivity contribution is 6.09. The zero-order valence-electron chi connectivity index (χ0n) is 12.6. The molecule has 0 saturated carbocycles. The lowest BCUT2D eigenvalue weighted by molar-refractivity contribution is 0.827. The molecule has 0 saturated heterocycles. The molecule has 0 radical (unpaired) electrons. The SMILES string of the molecule is CCn1c2ccccc2c2cc(-c3ccc(N)cc3)ccc21. The first-order chi connectivity index (χ1) is 10.8. The summed E-state index contributed by atoms with van der Waals surface area (Å²) in [5, 5.41) is 2.63. The first-order valence-corrected chi connectivity index (χ1v) is 7.65. The van der Waals surface area contributed by atoms with E-state index in [2.05, 4.69) is 66.1 Å². The molecular formula is C20H18N2. The van der Waals surface area contributed by atoms with Crippen molar-refractivity contribution in [2.24, 2.45) is 0 Å². The Balaban J connectivity index is 2.01. The average molecular weight is 286 g/mol. The van der Waals surface area contributed by atoms with E-state index in [0.29, 0.717) is 0 Å². The molecular weight excluding hydrogens is 268 g/mol. The van der Waals surface area contributed by atoms with Crippen LogP contribution in [0.4, 0.5) is 5.69 Å². The lowest BCUT2D eigenvalue weighted by Gasteiger charge is -2.05. The summed E-state index contributed by atoms with van der Waals surface area (Å²) in [6.07, 6.45) is 0. The fourth-order valence-electron chi connectivity index (χ4n) is 3.25. The second-order valence-electron chi connectivity index (χ2n) is 5.62. The number of fused-ring (bicyclic) bond motifs is 3. The topological polar surface area (TPSA) is 30.9 Å². The Labute approximate surface area is 129 Å². The lowest BCUT2D eigenvalue weighted by atomic mass is 10.0. The third kappa shape index (κ3) is 1.88. The molecule has 2 nitrogen and oxygen atoms in total. The standard InChI is InChI=1S/C20H18N2/c1-2-22-19-6-4-3-5-17(19)18-13-15(9-12-20(18)22)14-7-10-16(21)11-8-14/h3-13H,2,21H2,1H3. The molecule has 0 aliphatic heterocycles. The minimum absolute atomic E-state index is 0.799. The Morgan fingerprint density at radius 3 is 2.23 bits per heavy atom. The Hall–Kier alpha value is -2.74. The number of aromatic nitrogens is 1. The van der Waals surface area contributed by atoms with Gasteiger partial charge in [-0.25, -0.2) is 0 Å². The Morgan fingerprint density at radius 1 is 0.773 bits per heavy atom. The van der Waals surface area contributed by atoms with Crippen molar-refractivity contribution < 1.29 is 0 Å². The van der Waals surface area contributed by atoms with Crippen LogP contribution in [0.5, 0.6) is 0 Å². The molecule has 0 aliphatic rings. The molecule has 0 atom stereocenters. The molecule has 4 rings (SSSR count). The van der Waals surface area contributed by atoms with E-state index in [4.69, 9.17) is 5.73 Å². The number of para-hydroxylation sites is 1. The minimum Gasteiger partial charge on any atom is -0.399 e. The van der Waals surface area contributed by atoms with Gasteiger partial charge in [0.05, 0.1) is 0 Å². The maximum atomic E-state index is 5.79. The van der Waals surface area contributed by atoms with E-state index in [1.165, 1.54) is 32.9 Å². The second kappa shape index (κ2) is 4.92. The molecule has 3 aromatic carbocycles. The number of nitrogens with two attached hydrogens (primary N) is 1. The molecule has 4 aromatic rings. The highest BCUT2D eigenvalue weighted by Crippen LogP contribution is 2.32. The van der Waals surface area contributed by atoms with Gasteiger partial charge in [-0.3, -0.25) is 0 Å². The number of hydrogen-bond acceptors (Lipinski definition) is 1. The Bertz CT molecular complexity index is 962. The van der Waals surface area contributed by atoms with Crippen LogP contribution < -0.4 is 5.73 Å². The molecule has 0 bridgehead atoms. The van der Waals surface area contributed by atoms with Crippen molar-refractivity contribution >= 4 is 27.5 Å². The Kier molecular flexibility index (Phi) is 2.90. The normalized spacial score (nSPS) is 11.3. The van der Waals surface area contributed by atoms with Crippen LogP contribution in [0, 0.1) is 0 Å². The van der Waals surface area contributed by atoms with E-state index in [-0.39, 0.29) is 0 Å². The molecule has 108 valence electrons. The zero-order valence-corrected chi connectivity index (χ0v) is 12.6. The first-order valence-electron chi connectivity index (χ1n) is 7.65. The van der Waals surface area contributed by atoms with Gasteiger partial charge in [-0.1, -0.05) is 36.4 Å². The van der Waals surface area contributed by atoms with Gasteiger partial charge in [0.25, 0.3) is 0 Å².